The predicted molar refractivity (Wildman–Crippen MR) is 168 cm³/mol. The van der Waals surface area contributed by atoms with Crippen molar-refractivity contribution < 1.29 is 18.0 Å². The van der Waals surface area contributed by atoms with Crippen molar-refractivity contribution in [2.24, 2.45) is 0 Å². The highest BCUT2D eigenvalue weighted by Gasteiger charge is 2.33. The van der Waals surface area contributed by atoms with Gasteiger partial charge in [-0.05, 0) is 81.3 Å². The van der Waals surface area contributed by atoms with Gasteiger partial charge in [-0.25, -0.2) is 8.42 Å². The Morgan fingerprint density at radius 2 is 1.54 bits per heavy atom. The third-order valence-electron chi connectivity index (χ3n) is 7.12. The van der Waals surface area contributed by atoms with E-state index < -0.39 is 28.5 Å². The molecule has 7 nitrogen and oxygen atoms in total. The minimum absolute atomic E-state index is 0.0451. The van der Waals surface area contributed by atoms with Gasteiger partial charge in [0, 0.05) is 17.5 Å². The van der Waals surface area contributed by atoms with Crippen LogP contribution in [0.1, 0.15) is 44.7 Å². The SMILES string of the molecule is CC[C@@H](C)NC(=O)[C@H](CC)N(CCc1ccccc1)C(=O)CN(c1ccc(C)cc1)S(=O)(=O)c1ccc(SC)cc1. The summed E-state index contributed by atoms with van der Waals surface area (Å²) in [6.45, 7) is 7.54. The van der Waals surface area contributed by atoms with Crippen molar-refractivity contribution in [3.8, 4) is 0 Å². The van der Waals surface area contributed by atoms with Crippen molar-refractivity contribution in [2.45, 2.75) is 68.8 Å². The molecule has 0 aliphatic heterocycles. The third kappa shape index (κ3) is 8.60. The molecule has 0 heterocycles. The molecule has 2 amide bonds. The number of rotatable bonds is 14. The fraction of sp³-hybridized carbons (Fsp3) is 0.375. The van der Waals surface area contributed by atoms with Crippen LogP contribution >= 0.6 is 11.8 Å². The Hall–Kier alpha value is -3.30. The van der Waals surface area contributed by atoms with E-state index in [1.165, 1.54) is 16.7 Å². The molecule has 9 heteroatoms. The number of carbonyl (C=O) groups excluding carboxylic acids is 2. The van der Waals surface area contributed by atoms with E-state index in [1.54, 1.807) is 36.4 Å². The number of aryl methyl sites for hydroxylation is 1. The maximum Gasteiger partial charge on any atom is 0.264 e. The van der Waals surface area contributed by atoms with Crippen LogP contribution in [0.25, 0.3) is 0 Å². The summed E-state index contributed by atoms with van der Waals surface area (Å²) >= 11 is 1.52. The second-order valence-corrected chi connectivity index (χ2v) is 12.8. The quantitative estimate of drug-likeness (QED) is 0.243. The zero-order valence-electron chi connectivity index (χ0n) is 24.5. The standard InChI is InChI=1S/C32H41N3O4S2/c1-6-25(4)33-32(37)30(7-2)34(22-21-26-11-9-8-10-12-26)31(36)23-35(27-15-13-24(3)14-16-27)41(38,39)29-19-17-28(40-5)18-20-29/h8-20,25,30H,6-7,21-23H2,1-5H3,(H,33,37)/t25-,30+/m1/s1. The lowest BCUT2D eigenvalue weighted by Gasteiger charge is -2.33. The lowest BCUT2D eigenvalue weighted by atomic mass is 10.1. The average molecular weight is 596 g/mol. The number of nitrogens with one attached hydrogen (secondary N) is 1. The number of amides is 2. The van der Waals surface area contributed by atoms with Gasteiger partial charge in [0.2, 0.25) is 11.8 Å². The van der Waals surface area contributed by atoms with Gasteiger partial charge in [0.25, 0.3) is 10.0 Å². The molecule has 0 aromatic heterocycles. The van der Waals surface area contributed by atoms with Gasteiger partial charge in [-0.15, -0.1) is 11.8 Å². The largest absolute Gasteiger partial charge is 0.352 e. The molecule has 3 rings (SSSR count). The Labute approximate surface area is 249 Å². The molecular formula is C32H41N3O4S2. The van der Waals surface area contributed by atoms with E-state index in [2.05, 4.69) is 5.32 Å². The molecule has 0 unspecified atom stereocenters. The molecule has 0 saturated heterocycles. The molecule has 0 aliphatic rings. The number of carbonyl (C=O) groups is 2. The Morgan fingerprint density at radius 3 is 2.10 bits per heavy atom. The van der Waals surface area contributed by atoms with E-state index in [0.29, 0.717) is 18.5 Å². The Kier molecular flexibility index (Phi) is 11.8. The summed E-state index contributed by atoms with van der Waals surface area (Å²) in [5.41, 5.74) is 2.39. The first kappa shape index (κ1) is 32.2. The van der Waals surface area contributed by atoms with Crippen LogP contribution in [0, 0.1) is 6.92 Å². The van der Waals surface area contributed by atoms with Crippen LogP contribution in [0.3, 0.4) is 0 Å². The first-order valence-corrected chi connectivity index (χ1v) is 16.6. The first-order valence-electron chi connectivity index (χ1n) is 14.0. The van der Waals surface area contributed by atoms with Gasteiger partial charge >= 0.3 is 0 Å². The van der Waals surface area contributed by atoms with Crippen LogP contribution < -0.4 is 9.62 Å². The van der Waals surface area contributed by atoms with E-state index >= 15 is 0 Å². The zero-order chi connectivity index (χ0) is 30.0. The third-order valence-corrected chi connectivity index (χ3v) is 9.65. The Morgan fingerprint density at radius 1 is 0.902 bits per heavy atom. The fourth-order valence-electron chi connectivity index (χ4n) is 4.45. The zero-order valence-corrected chi connectivity index (χ0v) is 26.2. The molecule has 220 valence electrons. The lowest BCUT2D eigenvalue weighted by Crippen LogP contribution is -2.54. The number of thioether (sulfide) groups is 1. The van der Waals surface area contributed by atoms with Gasteiger partial charge in [0.1, 0.15) is 12.6 Å². The topological polar surface area (TPSA) is 86.8 Å². The van der Waals surface area contributed by atoms with Crippen LogP contribution in [-0.4, -0.2) is 56.6 Å². The summed E-state index contributed by atoms with van der Waals surface area (Å²) in [6, 6.07) is 22.7. The summed E-state index contributed by atoms with van der Waals surface area (Å²) in [6.07, 6.45) is 3.62. The molecule has 0 aliphatic carbocycles. The van der Waals surface area contributed by atoms with Crippen molar-refractivity contribution in [1.29, 1.82) is 0 Å². The molecule has 2 atom stereocenters. The maximum absolute atomic E-state index is 14.1. The van der Waals surface area contributed by atoms with E-state index in [-0.39, 0.29) is 23.4 Å². The highest BCUT2D eigenvalue weighted by Crippen LogP contribution is 2.26. The number of anilines is 1. The molecule has 0 fully saturated rings. The number of nitrogens with zero attached hydrogens (tertiary/aromatic N) is 2. The van der Waals surface area contributed by atoms with Gasteiger partial charge in [0.05, 0.1) is 10.6 Å². The van der Waals surface area contributed by atoms with E-state index in [4.69, 9.17) is 0 Å². The van der Waals surface area contributed by atoms with Crippen molar-refractivity contribution in [3.05, 3.63) is 90.0 Å². The molecule has 0 spiro atoms. The van der Waals surface area contributed by atoms with Gasteiger partial charge in [0.15, 0.2) is 0 Å². The van der Waals surface area contributed by atoms with Crippen molar-refractivity contribution >= 4 is 39.3 Å². The summed E-state index contributed by atoms with van der Waals surface area (Å²) < 4.78 is 29.1. The van der Waals surface area contributed by atoms with Crippen molar-refractivity contribution in [2.75, 3.05) is 23.7 Å². The fourth-order valence-corrected chi connectivity index (χ4v) is 6.27. The maximum atomic E-state index is 14.1. The van der Waals surface area contributed by atoms with Gasteiger partial charge < -0.3 is 10.2 Å². The van der Waals surface area contributed by atoms with Crippen molar-refractivity contribution in [1.82, 2.24) is 10.2 Å². The van der Waals surface area contributed by atoms with Crippen molar-refractivity contribution in [3.63, 3.8) is 0 Å². The molecule has 0 saturated carbocycles. The van der Waals surface area contributed by atoms with Crippen LogP contribution in [0.5, 0.6) is 0 Å². The number of benzene rings is 3. The predicted octanol–water partition coefficient (Wildman–Crippen LogP) is 5.68. The van der Waals surface area contributed by atoms with Crippen LogP contribution in [-0.2, 0) is 26.0 Å². The molecule has 0 bridgehead atoms. The number of hydrogen-bond acceptors (Lipinski definition) is 5. The summed E-state index contributed by atoms with van der Waals surface area (Å²) in [7, 11) is -4.09. The summed E-state index contributed by atoms with van der Waals surface area (Å²) in [5, 5.41) is 3.01. The molecular weight excluding hydrogens is 555 g/mol. The van der Waals surface area contributed by atoms with Gasteiger partial charge in [-0.2, -0.15) is 0 Å². The van der Waals surface area contributed by atoms with Crippen LogP contribution in [0.2, 0.25) is 0 Å². The minimum Gasteiger partial charge on any atom is -0.352 e. The number of hydrogen-bond donors (Lipinski definition) is 1. The smallest absolute Gasteiger partial charge is 0.264 e. The molecule has 3 aromatic rings. The molecule has 41 heavy (non-hydrogen) atoms. The van der Waals surface area contributed by atoms with Gasteiger partial charge in [-0.1, -0.05) is 61.9 Å². The van der Waals surface area contributed by atoms with Crippen LogP contribution in [0.15, 0.2) is 88.7 Å². The normalized spacial score (nSPS) is 12.8. The second-order valence-electron chi connectivity index (χ2n) is 10.1. The van der Waals surface area contributed by atoms with Gasteiger partial charge in [-0.3, -0.25) is 13.9 Å². The number of sulfonamides is 1. The van der Waals surface area contributed by atoms with E-state index in [0.717, 1.165) is 26.7 Å². The average Bonchev–Trinajstić information content (AvgIpc) is 2.98. The van der Waals surface area contributed by atoms with E-state index in [1.807, 2.05) is 76.4 Å². The minimum atomic E-state index is -4.09. The molecule has 3 aromatic carbocycles. The highest BCUT2D eigenvalue weighted by atomic mass is 32.2. The Balaban J connectivity index is 2.00. The summed E-state index contributed by atoms with van der Waals surface area (Å²) in [4.78, 5) is 30.0. The highest BCUT2D eigenvalue weighted by molar-refractivity contribution is 7.98. The molecule has 0 radical (unpaired) electrons. The Bertz CT molecular complexity index is 1380. The lowest BCUT2D eigenvalue weighted by molar-refractivity contribution is -0.139. The second kappa shape index (κ2) is 15.1. The van der Waals surface area contributed by atoms with Crippen LogP contribution in [0.4, 0.5) is 5.69 Å². The monoisotopic (exact) mass is 595 g/mol. The first-order chi connectivity index (χ1) is 19.6. The summed E-state index contributed by atoms with van der Waals surface area (Å²) in [5.74, 6) is -0.669. The molecule has 1 N–H and O–H groups in total. The van der Waals surface area contributed by atoms with E-state index in [9.17, 15) is 18.0 Å².